The molecule has 5 nitrogen and oxygen atoms in total. The highest BCUT2D eigenvalue weighted by atomic mass is 32.2. The highest BCUT2D eigenvalue weighted by molar-refractivity contribution is 7.99. The number of hydrogen-bond donors (Lipinski definition) is 0. The summed E-state index contributed by atoms with van der Waals surface area (Å²) in [5, 5.41) is 0. The highest BCUT2D eigenvalue weighted by Gasteiger charge is 2.13. The van der Waals surface area contributed by atoms with Crippen LogP contribution < -0.4 is 4.74 Å². The molecule has 0 aliphatic heterocycles. The number of nitrogens with zero attached hydrogens (tertiary/aromatic N) is 1. The smallest absolute Gasteiger partial charge is 0.315 e. The maximum atomic E-state index is 11.2. The van der Waals surface area contributed by atoms with E-state index in [-0.39, 0.29) is 5.97 Å². The van der Waals surface area contributed by atoms with Crippen molar-refractivity contribution >= 4 is 17.7 Å². The molecule has 0 spiro atoms. The van der Waals surface area contributed by atoms with Gasteiger partial charge in [0.05, 0.1) is 12.9 Å². The van der Waals surface area contributed by atoms with E-state index in [0.717, 1.165) is 28.3 Å². The van der Waals surface area contributed by atoms with Gasteiger partial charge in [0.25, 0.3) is 0 Å². The first kappa shape index (κ1) is 22.0. The van der Waals surface area contributed by atoms with Gasteiger partial charge in [-0.3, -0.25) is 4.79 Å². The number of oxazole rings is 1. The molecule has 1 heterocycles. The lowest BCUT2D eigenvalue weighted by Gasteiger charge is -2.07. The number of ether oxygens (including phenoxy) is 2. The third kappa shape index (κ3) is 5.89. The van der Waals surface area contributed by atoms with Crippen molar-refractivity contribution in [3.8, 4) is 17.2 Å². The summed E-state index contributed by atoms with van der Waals surface area (Å²) in [4.78, 5) is 15.9. The van der Waals surface area contributed by atoms with Crippen LogP contribution in [-0.2, 0) is 21.9 Å². The van der Waals surface area contributed by atoms with Gasteiger partial charge in [0.15, 0.2) is 0 Å². The fourth-order valence-electron chi connectivity index (χ4n) is 2.88. The largest absolute Gasteiger partial charge is 0.487 e. The molecule has 0 aliphatic carbocycles. The van der Waals surface area contributed by atoms with Crippen molar-refractivity contribution in [2.75, 3.05) is 12.9 Å². The second-order valence-electron chi connectivity index (χ2n) is 7.30. The van der Waals surface area contributed by atoms with E-state index in [0.29, 0.717) is 29.9 Å². The number of hydrogen-bond acceptors (Lipinski definition) is 6. The molecule has 158 valence electrons. The van der Waals surface area contributed by atoms with Gasteiger partial charge < -0.3 is 13.9 Å². The van der Waals surface area contributed by atoms with Gasteiger partial charge in [-0.2, -0.15) is 0 Å². The van der Waals surface area contributed by atoms with Crippen LogP contribution in [0.3, 0.4) is 0 Å². The number of carbonyl (C=O) groups is 1. The van der Waals surface area contributed by atoms with Gasteiger partial charge in [-0.05, 0) is 48.2 Å². The van der Waals surface area contributed by atoms with Crippen LogP contribution in [0.15, 0.2) is 52.9 Å². The minimum absolute atomic E-state index is 0.219. The molecule has 30 heavy (non-hydrogen) atoms. The minimum Gasteiger partial charge on any atom is -0.487 e. The molecule has 3 aromatic rings. The molecule has 6 heteroatoms. The van der Waals surface area contributed by atoms with Gasteiger partial charge in [0.2, 0.25) is 5.89 Å². The highest BCUT2D eigenvalue weighted by Crippen LogP contribution is 2.25. The first-order valence-corrected chi connectivity index (χ1v) is 11.0. The third-order valence-electron chi connectivity index (χ3n) is 4.71. The predicted molar refractivity (Wildman–Crippen MR) is 120 cm³/mol. The summed E-state index contributed by atoms with van der Waals surface area (Å²) in [5.41, 5.74) is 4.11. The van der Waals surface area contributed by atoms with Crippen LogP contribution in [0.2, 0.25) is 0 Å². The predicted octanol–water partition coefficient (Wildman–Crippen LogP) is 5.76. The Morgan fingerprint density at radius 3 is 2.63 bits per heavy atom. The summed E-state index contributed by atoms with van der Waals surface area (Å²) < 4.78 is 16.5. The lowest BCUT2D eigenvalue weighted by atomic mass is 10.0. The zero-order valence-electron chi connectivity index (χ0n) is 17.8. The van der Waals surface area contributed by atoms with Crippen molar-refractivity contribution in [1.29, 1.82) is 0 Å². The Labute approximate surface area is 181 Å². The Kier molecular flexibility index (Phi) is 7.57. The van der Waals surface area contributed by atoms with Gasteiger partial charge in [0, 0.05) is 11.3 Å². The van der Waals surface area contributed by atoms with E-state index in [2.05, 4.69) is 35.7 Å². The third-order valence-corrected chi connectivity index (χ3v) is 5.68. The number of thioether (sulfide) groups is 1. The van der Waals surface area contributed by atoms with E-state index < -0.39 is 0 Å². The summed E-state index contributed by atoms with van der Waals surface area (Å²) in [6.07, 6.45) is 0. The molecule has 0 bridgehead atoms. The molecule has 0 unspecified atom stereocenters. The number of carbonyl (C=O) groups excluding carboxylic acids is 1. The topological polar surface area (TPSA) is 61.6 Å². The molecule has 0 atom stereocenters. The van der Waals surface area contributed by atoms with Gasteiger partial charge in [-0.25, -0.2) is 4.98 Å². The van der Waals surface area contributed by atoms with Crippen LogP contribution in [0.4, 0.5) is 0 Å². The fourth-order valence-corrected chi connectivity index (χ4v) is 3.69. The van der Waals surface area contributed by atoms with Crippen LogP contribution in [0.1, 0.15) is 42.3 Å². The number of aryl methyl sites for hydroxylation is 1. The summed E-state index contributed by atoms with van der Waals surface area (Å²) in [6.45, 7) is 6.58. The fraction of sp³-hybridized carbons (Fsp3) is 0.333. The van der Waals surface area contributed by atoms with Crippen molar-refractivity contribution in [3.05, 3.63) is 71.1 Å². The molecular formula is C24H27NO4S. The first-order chi connectivity index (χ1) is 14.5. The summed E-state index contributed by atoms with van der Waals surface area (Å²) in [5.74, 6) is 3.44. The van der Waals surface area contributed by atoms with Crippen molar-refractivity contribution < 1.29 is 18.7 Å². The van der Waals surface area contributed by atoms with E-state index in [1.54, 1.807) is 0 Å². The zero-order chi connectivity index (χ0) is 21.5. The Balaban J connectivity index is 1.61. The van der Waals surface area contributed by atoms with Gasteiger partial charge >= 0.3 is 5.97 Å². The Hall–Kier alpha value is -2.73. The Morgan fingerprint density at radius 2 is 1.93 bits per heavy atom. The molecule has 1 aromatic heterocycles. The average Bonchev–Trinajstić information content (AvgIpc) is 3.13. The van der Waals surface area contributed by atoms with Crippen molar-refractivity contribution in [3.63, 3.8) is 0 Å². The van der Waals surface area contributed by atoms with Gasteiger partial charge in [-0.1, -0.05) is 38.1 Å². The number of rotatable bonds is 9. The van der Waals surface area contributed by atoms with E-state index in [1.807, 2.05) is 43.3 Å². The molecule has 0 fully saturated rings. The average molecular weight is 426 g/mol. The van der Waals surface area contributed by atoms with E-state index in [4.69, 9.17) is 9.15 Å². The number of methoxy groups -OCH3 is 1. The molecule has 0 N–H and O–H groups in total. The van der Waals surface area contributed by atoms with E-state index in [9.17, 15) is 4.79 Å². The van der Waals surface area contributed by atoms with Gasteiger partial charge in [-0.15, -0.1) is 11.8 Å². The maximum absolute atomic E-state index is 11.2. The molecule has 0 saturated heterocycles. The van der Waals surface area contributed by atoms with E-state index >= 15 is 0 Å². The van der Waals surface area contributed by atoms with Crippen molar-refractivity contribution in [1.82, 2.24) is 4.98 Å². The monoisotopic (exact) mass is 425 g/mol. The second-order valence-corrected chi connectivity index (χ2v) is 8.29. The van der Waals surface area contributed by atoms with Crippen LogP contribution in [-0.4, -0.2) is 23.8 Å². The normalized spacial score (nSPS) is 11.0. The first-order valence-electron chi connectivity index (χ1n) is 9.89. The SMILES string of the molecule is COC(=O)CSCc1cccc(OCc2nc(-c3ccc(C(C)C)cc3)oc2C)c1. The summed E-state index contributed by atoms with van der Waals surface area (Å²) in [7, 11) is 1.40. The van der Waals surface area contributed by atoms with Crippen LogP contribution in [0.5, 0.6) is 5.75 Å². The van der Waals surface area contributed by atoms with Crippen molar-refractivity contribution in [2.24, 2.45) is 0 Å². The molecule has 0 amide bonds. The second kappa shape index (κ2) is 10.3. The Bertz CT molecular complexity index is 979. The standard InChI is InChI=1S/C24H27NO4S/c1-16(2)19-8-10-20(11-9-19)24-25-22(17(3)29-24)13-28-21-7-5-6-18(12-21)14-30-15-23(26)27-4/h5-12,16H,13-15H2,1-4H3. The minimum atomic E-state index is -0.219. The molecule has 0 radical (unpaired) electrons. The summed E-state index contributed by atoms with van der Waals surface area (Å²) in [6, 6.07) is 16.2. The quantitative estimate of drug-likeness (QED) is 0.406. The molecule has 0 aliphatic rings. The lowest BCUT2D eigenvalue weighted by Crippen LogP contribution is -2.03. The number of benzene rings is 2. The maximum Gasteiger partial charge on any atom is 0.315 e. The van der Waals surface area contributed by atoms with E-state index in [1.165, 1.54) is 24.4 Å². The zero-order valence-corrected chi connectivity index (χ0v) is 18.6. The molecule has 0 saturated carbocycles. The van der Waals surface area contributed by atoms with Crippen molar-refractivity contribution in [2.45, 2.75) is 39.0 Å². The Morgan fingerprint density at radius 1 is 1.17 bits per heavy atom. The molecule has 2 aromatic carbocycles. The van der Waals surface area contributed by atoms with Crippen LogP contribution in [0.25, 0.3) is 11.5 Å². The number of esters is 1. The van der Waals surface area contributed by atoms with Crippen LogP contribution in [0, 0.1) is 6.92 Å². The lowest BCUT2D eigenvalue weighted by molar-refractivity contribution is -0.137. The number of aromatic nitrogens is 1. The molecular weight excluding hydrogens is 398 g/mol. The molecule has 3 rings (SSSR count). The summed E-state index contributed by atoms with van der Waals surface area (Å²) >= 11 is 1.51. The van der Waals surface area contributed by atoms with Crippen LogP contribution >= 0.6 is 11.8 Å². The van der Waals surface area contributed by atoms with Gasteiger partial charge in [0.1, 0.15) is 23.8 Å².